The predicted octanol–water partition coefficient (Wildman–Crippen LogP) is 3.52. The molecule has 0 fully saturated rings. The SMILES string of the molecule is NCC1=C[N+](c2ccc(C(O)c3ccccc3F)cc2)(S(=O)(=O)CC(F)(F)F)CC=C1. The summed E-state index contributed by atoms with van der Waals surface area (Å²) in [5.74, 6) is -2.63. The Balaban J connectivity index is 2.06. The zero-order chi connectivity index (χ0) is 22.9. The molecule has 0 saturated heterocycles. The second-order valence-electron chi connectivity index (χ2n) is 7.15. The maximum atomic E-state index is 14.0. The molecule has 5 nitrogen and oxygen atoms in total. The number of aliphatic hydroxyl groups is 1. The number of rotatable bonds is 6. The van der Waals surface area contributed by atoms with Gasteiger partial charge >= 0.3 is 16.2 Å². The van der Waals surface area contributed by atoms with Crippen molar-refractivity contribution in [1.29, 1.82) is 0 Å². The summed E-state index contributed by atoms with van der Waals surface area (Å²) in [5, 5.41) is 10.5. The molecule has 3 N–H and O–H groups in total. The monoisotopic (exact) mass is 457 g/mol. The van der Waals surface area contributed by atoms with Gasteiger partial charge in [0, 0.05) is 29.8 Å². The van der Waals surface area contributed by atoms with Crippen LogP contribution in [0.3, 0.4) is 0 Å². The molecular formula is C21H21F4N2O3S+. The molecule has 2 atom stereocenters. The summed E-state index contributed by atoms with van der Waals surface area (Å²) in [6, 6.07) is 11.0. The van der Waals surface area contributed by atoms with E-state index < -0.39 is 37.8 Å². The van der Waals surface area contributed by atoms with Crippen LogP contribution in [0.25, 0.3) is 0 Å². The summed E-state index contributed by atoms with van der Waals surface area (Å²) in [6.07, 6.45) is -2.03. The third-order valence-corrected chi connectivity index (χ3v) is 7.16. The van der Waals surface area contributed by atoms with Crippen LogP contribution in [0.1, 0.15) is 17.2 Å². The van der Waals surface area contributed by atoms with Crippen LogP contribution in [0.4, 0.5) is 23.2 Å². The molecule has 0 aliphatic carbocycles. The van der Waals surface area contributed by atoms with Gasteiger partial charge in [0.05, 0.1) is 0 Å². The number of quaternary nitrogens is 1. The lowest BCUT2D eigenvalue weighted by Gasteiger charge is -2.34. The molecular weight excluding hydrogens is 436 g/mol. The third-order valence-electron chi connectivity index (χ3n) is 5.01. The molecule has 0 aromatic heterocycles. The third kappa shape index (κ3) is 4.72. The predicted molar refractivity (Wildman–Crippen MR) is 110 cm³/mol. The molecule has 2 aromatic carbocycles. The molecule has 1 heterocycles. The van der Waals surface area contributed by atoms with Crippen LogP contribution in [0.5, 0.6) is 0 Å². The molecule has 1 aliphatic rings. The van der Waals surface area contributed by atoms with Crippen molar-refractivity contribution in [1.82, 2.24) is 3.89 Å². The van der Waals surface area contributed by atoms with Gasteiger partial charge in [0.15, 0.2) is 11.4 Å². The first-order valence-electron chi connectivity index (χ1n) is 9.28. The first-order valence-corrected chi connectivity index (χ1v) is 10.9. The van der Waals surface area contributed by atoms with E-state index in [0.717, 1.165) is 0 Å². The Morgan fingerprint density at radius 3 is 2.32 bits per heavy atom. The van der Waals surface area contributed by atoms with E-state index in [0.29, 0.717) is 5.57 Å². The quantitative estimate of drug-likeness (QED) is 0.514. The van der Waals surface area contributed by atoms with E-state index in [2.05, 4.69) is 0 Å². The number of nitrogens with two attached hydrogens (primary N) is 1. The Bertz CT molecular complexity index is 1110. The number of halogens is 4. The van der Waals surface area contributed by atoms with Gasteiger partial charge in [-0.3, -0.25) is 0 Å². The van der Waals surface area contributed by atoms with Crippen molar-refractivity contribution < 1.29 is 31.1 Å². The van der Waals surface area contributed by atoms with Crippen molar-refractivity contribution in [3.8, 4) is 0 Å². The van der Waals surface area contributed by atoms with Crippen molar-refractivity contribution in [3.05, 3.63) is 89.4 Å². The Morgan fingerprint density at radius 1 is 1.10 bits per heavy atom. The number of nitrogens with zero attached hydrogens (tertiary/aromatic N) is 1. The van der Waals surface area contributed by atoms with Gasteiger partial charge < -0.3 is 10.8 Å². The fraction of sp³-hybridized carbons (Fsp3) is 0.238. The zero-order valence-electron chi connectivity index (χ0n) is 16.3. The molecule has 0 spiro atoms. The van der Waals surface area contributed by atoms with E-state index in [1.807, 2.05) is 0 Å². The minimum atomic E-state index is -4.93. The normalized spacial score (nSPS) is 20.4. The van der Waals surface area contributed by atoms with E-state index in [-0.39, 0.29) is 29.9 Å². The van der Waals surface area contributed by atoms with Crippen molar-refractivity contribution >= 4 is 15.7 Å². The fourth-order valence-corrected chi connectivity index (χ4v) is 5.18. The average molecular weight is 457 g/mol. The van der Waals surface area contributed by atoms with E-state index in [1.54, 1.807) is 12.1 Å². The van der Waals surface area contributed by atoms with Crippen LogP contribution in [-0.2, 0) is 10.0 Å². The molecule has 3 rings (SSSR count). The zero-order valence-corrected chi connectivity index (χ0v) is 17.1. The van der Waals surface area contributed by atoms with Crippen LogP contribution >= 0.6 is 0 Å². The van der Waals surface area contributed by atoms with E-state index >= 15 is 0 Å². The summed E-state index contributed by atoms with van der Waals surface area (Å²) in [7, 11) is -4.78. The van der Waals surface area contributed by atoms with Gasteiger partial charge in [0.2, 0.25) is 0 Å². The van der Waals surface area contributed by atoms with Crippen LogP contribution in [-0.4, -0.2) is 38.5 Å². The molecule has 0 saturated carbocycles. The van der Waals surface area contributed by atoms with Gasteiger partial charge in [-0.2, -0.15) is 25.5 Å². The molecule has 10 heteroatoms. The first-order chi connectivity index (χ1) is 14.5. The highest BCUT2D eigenvalue weighted by atomic mass is 32.2. The van der Waals surface area contributed by atoms with Crippen molar-refractivity contribution in [3.63, 3.8) is 0 Å². The lowest BCUT2D eigenvalue weighted by atomic mass is 10.0. The highest BCUT2D eigenvalue weighted by Gasteiger charge is 2.50. The highest BCUT2D eigenvalue weighted by molar-refractivity contribution is 7.91. The molecule has 2 aromatic rings. The van der Waals surface area contributed by atoms with Crippen LogP contribution in [0.15, 0.2) is 72.5 Å². The number of alkyl halides is 3. The maximum absolute atomic E-state index is 14.0. The molecule has 2 unspecified atom stereocenters. The Hall–Kier alpha value is -2.53. The van der Waals surface area contributed by atoms with Gasteiger partial charge in [-0.05, 0) is 17.7 Å². The summed E-state index contributed by atoms with van der Waals surface area (Å²) >= 11 is 0. The van der Waals surface area contributed by atoms with Crippen LogP contribution in [0, 0.1) is 5.82 Å². The summed E-state index contributed by atoms with van der Waals surface area (Å²) in [4.78, 5) is 0. The summed E-state index contributed by atoms with van der Waals surface area (Å²) in [6.45, 7) is -0.306. The van der Waals surface area contributed by atoms with Crippen molar-refractivity contribution in [2.75, 3.05) is 18.8 Å². The summed E-state index contributed by atoms with van der Waals surface area (Å²) in [5.41, 5.74) is 6.30. The number of hydrogen-bond donors (Lipinski definition) is 2. The Kier molecular flexibility index (Phi) is 6.38. The standard InChI is InChI=1S/C21H21F4N2O3S/c22-19-6-2-1-5-18(19)20(28)16-7-9-17(10-8-16)27(11-3-4-15(12-26)13-27)31(29,30)14-21(23,24)25/h1-10,13,20,28H,11-12,14,26H2/q+1. The molecule has 0 amide bonds. The summed E-state index contributed by atoms with van der Waals surface area (Å²) < 4.78 is 77.8. The maximum Gasteiger partial charge on any atom is 0.408 e. The van der Waals surface area contributed by atoms with E-state index in [1.165, 1.54) is 54.7 Å². The molecule has 166 valence electrons. The molecule has 0 bridgehead atoms. The van der Waals surface area contributed by atoms with Gasteiger partial charge in [0.1, 0.15) is 24.7 Å². The molecule has 1 aliphatic heterocycles. The van der Waals surface area contributed by atoms with Crippen molar-refractivity contribution in [2.24, 2.45) is 5.73 Å². The number of sulfonamides is 1. The van der Waals surface area contributed by atoms with Crippen LogP contribution < -0.4 is 9.62 Å². The Morgan fingerprint density at radius 2 is 1.74 bits per heavy atom. The van der Waals surface area contributed by atoms with Gasteiger partial charge in [-0.1, -0.05) is 36.4 Å². The number of aliphatic hydroxyl groups excluding tert-OH is 1. The smallest absolute Gasteiger partial charge is 0.384 e. The van der Waals surface area contributed by atoms with E-state index in [9.17, 15) is 31.1 Å². The number of benzene rings is 2. The van der Waals surface area contributed by atoms with Crippen molar-refractivity contribution in [2.45, 2.75) is 12.3 Å². The average Bonchev–Trinajstić information content (AvgIpc) is 2.72. The lowest BCUT2D eigenvalue weighted by Crippen LogP contribution is -2.54. The minimum absolute atomic E-state index is 0.0232. The second kappa shape index (κ2) is 8.54. The number of hydrogen-bond acceptors (Lipinski definition) is 4. The van der Waals surface area contributed by atoms with Gasteiger partial charge in [-0.15, -0.1) is 0 Å². The Labute approximate surface area is 177 Å². The molecule has 0 radical (unpaired) electrons. The first kappa shape index (κ1) is 23.1. The lowest BCUT2D eigenvalue weighted by molar-refractivity contribution is -0.106. The second-order valence-corrected chi connectivity index (χ2v) is 9.25. The fourth-order valence-electron chi connectivity index (χ4n) is 3.49. The van der Waals surface area contributed by atoms with E-state index in [4.69, 9.17) is 5.73 Å². The highest BCUT2D eigenvalue weighted by Crippen LogP contribution is 2.36. The van der Waals surface area contributed by atoms with Crippen LogP contribution in [0.2, 0.25) is 0 Å². The van der Waals surface area contributed by atoms with Gasteiger partial charge in [-0.25, -0.2) is 4.39 Å². The molecule has 31 heavy (non-hydrogen) atoms. The van der Waals surface area contributed by atoms with Gasteiger partial charge in [0.25, 0.3) is 0 Å². The largest absolute Gasteiger partial charge is 0.408 e. The minimum Gasteiger partial charge on any atom is -0.384 e. The topological polar surface area (TPSA) is 80.4 Å².